The zero-order valence-corrected chi connectivity index (χ0v) is 11.2. The fraction of sp³-hybridized carbons (Fsp3) is 0.500. The molecule has 1 fully saturated rings. The minimum atomic E-state index is -0.183. The molecule has 0 spiro atoms. The van der Waals surface area contributed by atoms with E-state index in [4.69, 9.17) is 4.74 Å². The standard InChI is InChI=1S/C14H18N2O3/c1-10-9-16(8-6-11(10)14(18)19-2)13(17)12-5-3-4-7-15-12/h3-5,7,10-11H,6,8-9H2,1-2H3/t10-,11-/m0/s1. The Kier molecular flexibility index (Phi) is 4.14. The van der Waals surface area contributed by atoms with E-state index in [-0.39, 0.29) is 23.7 Å². The molecular formula is C14H18N2O3. The summed E-state index contributed by atoms with van der Waals surface area (Å²) in [5.74, 6) is -0.264. The van der Waals surface area contributed by atoms with Gasteiger partial charge in [-0.25, -0.2) is 0 Å². The summed E-state index contributed by atoms with van der Waals surface area (Å²) in [7, 11) is 1.40. The highest BCUT2D eigenvalue weighted by atomic mass is 16.5. The summed E-state index contributed by atoms with van der Waals surface area (Å²) < 4.78 is 4.79. The molecule has 0 unspecified atom stereocenters. The number of pyridine rings is 1. The molecule has 1 aromatic heterocycles. The molecule has 5 heteroatoms. The van der Waals surface area contributed by atoms with Crippen LogP contribution in [0, 0.1) is 11.8 Å². The molecule has 2 heterocycles. The Bertz CT molecular complexity index is 461. The second-order valence-electron chi connectivity index (χ2n) is 4.86. The first kappa shape index (κ1) is 13.5. The molecule has 1 saturated heterocycles. The van der Waals surface area contributed by atoms with Gasteiger partial charge in [0.2, 0.25) is 0 Å². The van der Waals surface area contributed by atoms with Crippen LogP contribution in [0.2, 0.25) is 0 Å². The molecule has 0 aliphatic carbocycles. The van der Waals surface area contributed by atoms with Crippen LogP contribution >= 0.6 is 0 Å². The number of aromatic nitrogens is 1. The van der Waals surface area contributed by atoms with Gasteiger partial charge in [0.15, 0.2) is 0 Å². The molecule has 1 amide bonds. The molecule has 0 radical (unpaired) electrons. The quantitative estimate of drug-likeness (QED) is 0.755. The molecule has 2 atom stereocenters. The first-order chi connectivity index (χ1) is 9.13. The molecule has 0 aromatic carbocycles. The van der Waals surface area contributed by atoms with E-state index in [0.717, 1.165) is 0 Å². The van der Waals surface area contributed by atoms with E-state index in [2.05, 4.69) is 4.98 Å². The maximum absolute atomic E-state index is 12.2. The second kappa shape index (κ2) is 5.82. The monoisotopic (exact) mass is 262 g/mol. The van der Waals surface area contributed by atoms with Crippen molar-refractivity contribution in [3.8, 4) is 0 Å². The average molecular weight is 262 g/mol. The van der Waals surface area contributed by atoms with Crippen LogP contribution in [-0.4, -0.2) is 42.0 Å². The smallest absolute Gasteiger partial charge is 0.309 e. The lowest BCUT2D eigenvalue weighted by molar-refractivity contribution is -0.148. The Morgan fingerprint density at radius 1 is 1.42 bits per heavy atom. The third-order valence-electron chi connectivity index (χ3n) is 3.58. The topological polar surface area (TPSA) is 59.5 Å². The summed E-state index contributed by atoms with van der Waals surface area (Å²) in [4.78, 5) is 29.6. The molecule has 1 aliphatic heterocycles. The molecule has 102 valence electrons. The number of nitrogens with zero attached hydrogens (tertiary/aromatic N) is 2. The number of amides is 1. The average Bonchev–Trinajstić information content (AvgIpc) is 2.46. The molecular weight excluding hydrogens is 244 g/mol. The molecule has 2 rings (SSSR count). The van der Waals surface area contributed by atoms with Gasteiger partial charge in [-0.1, -0.05) is 13.0 Å². The SMILES string of the molecule is COC(=O)[C@H]1CCN(C(=O)c2ccccn2)C[C@@H]1C. The third kappa shape index (κ3) is 2.92. The summed E-state index contributed by atoms with van der Waals surface area (Å²) in [6, 6.07) is 5.28. The van der Waals surface area contributed by atoms with Crippen molar-refractivity contribution in [3.63, 3.8) is 0 Å². The largest absolute Gasteiger partial charge is 0.469 e. The predicted octanol–water partition coefficient (Wildman–Crippen LogP) is 1.35. The number of hydrogen-bond acceptors (Lipinski definition) is 4. The maximum Gasteiger partial charge on any atom is 0.309 e. The Balaban J connectivity index is 2.02. The molecule has 5 nitrogen and oxygen atoms in total. The van der Waals surface area contributed by atoms with Gasteiger partial charge in [0.1, 0.15) is 5.69 Å². The van der Waals surface area contributed by atoms with Crippen molar-refractivity contribution in [1.82, 2.24) is 9.88 Å². The van der Waals surface area contributed by atoms with Crippen LogP contribution < -0.4 is 0 Å². The van der Waals surface area contributed by atoms with Gasteiger partial charge in [0, 0.05) is 19.3 Å². The van der Waals surface area contributed by atoms with Crippen molar-refractivity contribution in [3.05, 3.63) is 30.1 Å². The van der Waals surface area contributed by atoms with Gasteiger partial charge >= 0.3 is 5.97 Å². The fourth-order valence-corrected chi connectivity index (χ4v) is 2.48. The first-order valence-electron chi connectivity index (χ1n) is 6.41. The van der Waals surface area contributed by atoms with Crippen molar-refractivity contribution in [2.24, 2.45) is 11.8 Å². The fourth-order valence-electron chi connectivity index (χ4n) is 2.48. The number of carbonyl (C=O) groups excluding carboxylic acids is 2. The minimum Gasteiger partial charge on any atom is -0.469 e. The van der Waals surface area contributed by atoms with Crippen molar-refractivity contribution in [2.45, 2.75) is 13.3 Å². The van der Waals surface area contributed by atoms with Crippen LogP contribution in [0.5, 0.6) is 0 Å². The molecule has 0 saturated carbocycles. The van der Waals surface area contributed by atoms with Crippen molar-refractivity contribution >= 4 is 11.9 Å². The predicted molar refractivity (Wildman–Crippen MR) is 69.4 cm³/mol. The van der Waals surface area contributed by atoms with E-state index in [9.17, 15) is 9.59 Å². The first-order valence-corrected chi connectivity index (χ1v) is 6.41. The Labute approximate surface area is 112 Å². The highest BCUT2D eigenvalue weighted by Crippen LogP contribution is 2.25. The van der Waals surface area contributed by atoms with Crippen LogP contribution in [0.4, 0.5) is 0 Å². The number of piperidine rings is 1. The summed E-state index contributed by atoms with van der Waals surface area (Å²) in [5, 5.41) is 0. The van der Waals surface area contributed by atoms with E-state index < -0.39 is 0 Å². The van der Waals surface area contributed by atoms with E-state index >= 15 is 0 Å². The lowest BCUT2D eigenvalue weighted by atomic mass is 9.87. The third-order valence-corrected chi connectivity index (χ3v) is 3.58. The number of hydrogen-bond donors (Lipinski definition) is 0. The minimum absolute atomic E-state index is 0.0734. The number of ether oxygens (including phenoxy) is 1. The Morgan fingerprint density at radius 3 is 2.79 bits per heavy atom. The van der Waals surface area contributed by atoms with Gasteiger partial charge in [-0.05, 0) is 24.5 Å². The summed E-state index contributed by atoms with van der Waals surface area (Å²) in [5.41, 5.74) is 0.450. The van der Waals surface area contributed by atoms with Gasteiger partial charge in [0.05, 0.1) is 13.0 Å². The molecule has 0 N–H and O–H groups in total. The lowest BCUT2D eigenvalue weighted by Crippen LogP contribution is -2.45. The number of esters is 1. The van der Waals surface area contributed by atoms with Crippen molar-refractivity contribution < 1.29 is 14.3 Å². The van der Waals surface area contributed by atoms with Crippen LogP contribution in [0.25, 0.3) is 0 Å². The number of carbonyl (C=O) groups is 2. The van der Waals surface area contributed by atoms with Crippen LogP contribution in [-0.2, 0) is 9.53 Å². The number of methoxy groups -OCH3 is 1. The van der Waals surface area contributed by atoms with E-state index in [1.807, 2.05) is 6.92 Å². The Hall–Kier alpha value is -1.91. The number of rotatable bonds is 2. The second-order valence-corrected chi connectivity index (χ2v) is 4.86. The van der Waals surface area contributed by atoms with Crippen molar-refractivity contribution in [2.75, 3.05) is 20.2 Å². The maximum atomic E-state index is 12.2. The highest BCUT2D eigenvalue weighted by Gasteiger charge is 2.34. The van der Waals surface area contributed by atoms with E-state index in [1.54, 1.807) is 29.3 Å². The van der Waals surface area contributed by atoms with Gasteiger partial charge in [-0.15, -0.1) is 0 Å². The van der Waals surface area contributed by atoms with Gasteiger partial charge in [0.25, 0.3) is 5.91 Å². The normalized spacial score (nSPS) is 22.9. The summed E-state index contributed by atoms with van der Waals surface area (Å²) in [6.45, 7) is 3.11. The number of likely N-dealkylation sites (tertiary alicyclic amines) is 1. The summed E-state index contributed by atoms with van der Waals surface area (Å²) >= 11 is 0. The van der Waals surface area contributed by atoms with Crippen LogP contribution in [0.3, 0.4) is 0 Å². The highest BCUT2D eigenvalue weighted by molar-refractivity contribution is 5.92. The molecule has 1 aromatic rings. The lowest BCUT2D eigenvalue weighted by Gasteiger charge is -2.35. The zero-order chi connectivity index (χ0) is 13.8. The molecule has 19 heavy (non-hydrogen) atoms. The molecule has 0 bridgehead atoms. The van der Waals surface area contributed by atoms with Crippen LogP contribution in [0.15, 0.2) is 24.4 Å². The Morgan fingerprint density at radius 2 is 2.21 bits per heavy atom. The van der Waals surface area contributed by atoms with Crippen LogP contribution in [0.1, 0.15) is 23.8 Å². The van der Waals surface area contributed by atoms with E-state index in [1.165, 1.54) is 7.11 Å². The zero-order valence-electron chi connectivity index (χ0n) is 11.2. The van der Waals surface area contributed by atoms with Crippen molar-refractivity contribution in [1.29, 1.82) is 0 Å². The molecule has 1 aliphatic rings. The van der Waals surface area contributed by atoms with Gasteiger partial charge in [-0.3, -0.25) is 14.6 Å². The van der Waals surface area contributed by atoms with Gasteiger partial charge < -0.3 is 9.64 Å². The van der Waals surface area contributed by atoms with Gasteiger partial charge in [-0.2, -0.15) is 0 Å². The summed E-state index contributed by atoms with van der Waals surface area (Å²) in [6.07, 6.45) is 2.25. The van der Waals surface area contributed by atoms with E-state index in [0.29, 0.717) is 25.2 Å².